The van der Waals surface area contributed by atoms with Gasteiger partial charge in [0.2, 0.25) is 23.6 Å². The van der Waals surface area contributed by atoms with E-state index in [2.05, 4.69) is 25.3 Å². The standard InChI is InChI=1S/C27H34N6O6S2/c1-15-13-21(39-5)16(2)17(3)25(15)41(37,38)33-27(28)29-12-8-10-20(31-23(35)14-30-18(4)34)24(36)26-32-19-9-6-7-11-22(19)40-26/h6-7,9,11,13,20H,8,10,12,14H2,1-5H3,(H,30,34)(H,31,35)(H3,28,29,33)/t20-/m0/s1. The van der Waals surface area contributed by atoms with E-state index in [0.29, 0.717) is 34.4 Å². The van der Waals surface area contributed by atoms with Crippen molar-refractivity contribution in [2.45, 2.75) is 51.5 Å². The number of amides is 2. The smallest absolute Gasteiger partial charge is 0.264 e. The largest absolute Gasteiger partial charge is 0.496 e. The van der Waals surface area contributed by atoms with Crippen molar-refractivity contribution < 1.29 is 27.5 Å². The van der Waals surface area contributed by atoms with Crippen LogP contribution in [0.15, 0.2) is 40.2 Å². The number of aliphatic imine (C=N–C) groups is 1. The van der Waals surface area contributed by atoms with E-state index in [-0.39, 0.29) is 47.1 Å². The normalized spacial score (nSPS) is 12.6. The first-order chi connectivity index (χ1) is 19.3. The van der Waals surface area contributed by atoms with Crippen LogP contribution >= 0.6 is 11.3 Å². The Labute approximate surface area is 242 Å². The van der Waals surface area contributed by atoms with Crippen molar-refractivity contribution in [3.05, 3.63) is 52.0 Å². The third-order valence-electron chi connectivity index (χ3n) is 6.29. The summed E-state index contributed by atoms with van der Waals surface area (Å²) in [7, 11) is -2.51. The highest BCUT2D eigenvalue weighted by Gasteiger charge is 2.26. The molecule has 12 nitrogen and oxygen atoms in total. The van der Waals surface area contributed by atoms with Gasteiger partial charge in [0.05, 0.1) is 34.8 Å². The number of methoxy groups -OCH3 is 1. The Balaban J connectivity index is 1.70. The van der Waals surface area contributed by atoms with Gasteiger partial charge in [-0.1, -0.05) is 12.1 Å². The third-order valence-corrected chi connectivity index (χ3v) is 8.99. The molecule has 2 amide bonds. The summed E-state index contributed by atoms with van der Waals surface area (Å²) in [6.45, 7) is 6.21. The fourth-order valence-electron chi connectivity index (χ4n) is 4.21. The van der Waals surface area contributed by atoms with Gasteiger partial charge in [-0.3, -0.25) is 19.4 Å². The minimum atomic E-state index is -4.03. The van der Waals surface area contributed by atoms with Crippen molar-refractivity contribution in [2.24, 2.45) is 10.7 Å². The van der Waals surface area contributed by atoms with Crippen LogP contribution in [0, 0.1) is 20.8 Å². The number of benzene rings is 2. The molecule has 14 heteroatoms. The summed E-state index contributed by atoms with van der Waals surface area (Å²) in [4.78, 5) is 45.5. The number of nitrogens with zero attached hydrogens (tertiary/aromatic N) is 2. The molecule has 0 saturated carbocycles. The number of rotatable bonds is 12. The first kappa shape index (κ1) is 31.5. The Morgan fingerprint density at radius 1 is 1.15 bits per heavy atom. The molecule has 0 fully saturated rings. The second-order valence-electron chi connectivity index (χ2n) is 9.37. The molecular formula is C27H34N6O6S2. The van der Waals surface area contributed by atoms with Gasteiger partial charge >= 0.3 is 0 Å². The number of sulfonamides is 1. The van der Waals surface area contributed by atoms with Gasteiger partial charge in [0, 0.05) is 13.5 Å². The zero-order valence-corrected chi connectivity index (χ0v) is 25.2. The molecule has 0 unspecified atom stereocenters. The van der Waals surface area contributed by atoms with Crippen LogP contribution in [0.2, 0.25) is 0 Å². The Hall–Kier alpha value is -4.04. The van der Waals surface area contributed by atoms with Crippen molar-refractivity contribution in [3.63, 3.8) is 0 Å². The SMILES string of the molecule is COc1cc(C)c(S(=O)(=O)NC(N)=NCCC[C@H](NC(=O)CNC(C)=O)C(=O)c2nc3ccccc3s2)c(C)c1C. The lowest BCUT2D eigenvalue weighted by Gasteiger charge is -2.17. The van der Waals surface area contributed by atoms with Gasteiger partial charge in [-0.05, 0) is 68.5 Å². The number of hydrogen-bond acceptors (Lipinski definition) is 9. The van der Waals surface area contributed by atoms with Gasteiger partial charge in [0.15, 0.2) is 5.01 Å². The molecule has 1 atom stereocenters. The third kappa shape index (κ3) is 8.01. The summed E-state index contributed by atoms with van der Waals surface area (Å²) in [6.07, 6.45) is 0.476. The second kappa shape index (κ2) is 13.5. The van der Waals surface area contributed by atoms with Gasteiger partial charge in [-0.15, -0.1) is 11.3 Å². The summed E-state index contributed by atoms with van der Waals surface area (Å²) in [5, 5.41) is 5.29. The highest BCUT2D eigenvalue weighted by molar-refractivity contribution is 7.90. The monoisotopic (exact) mass is 602 g/mol. The Morgan fingerprint density at radius 3 is 2.51 bits per heavy atom. The van der Waals surface area contributed by atoms with E-state index in [1.54, 1.807) is 32.9 Å². The topological polar surface area (TPSA) is 182 Å². The fourth-order valence-corrected chi connectivity index (χ4v) is 6.65. The van der Waals surface area contributed by atoms with E-state index in [1.165, 1.54) is 25.4 Å². The molecule has 1 heterocycles. The van der Waals surface area contributed by atoms with Crippen molar-refractivity contribution in [1.29, 1.82) is 0 Å². The van der Waals surface area contributed by atoms with E-state index in [4.69, 9.17) is 10.5 Å². The Kier molecular flexibility index (Phi) is 10.4. The average Bonchev–Trinajstić information content (AvgIpc) is 3.34. The molecule has 41 heavy (non-hydrogen) atoms. The zero-order chi connectivity index (χ0) is 30.3. The Bertz CT molecular complexity index is 1570. The van der Waals surface area contributed by atoms with E-state index in [9.17, 15) is 22.8 Å². The van der Waals surface area contributed by atoms with Crippen molar-refractivity contribution in [1.82, 2.24) is 20.3 Å². The molecule has 3 aromatic rings. The van der Waals surface area contributed by atoms with Gasteiger partial charge in [0.25, 0.3) is 10.0 Å². The summed E-state index contributed by atoms with van der Waals surface area (Å²) in [6, 6.07) is 8.02. The van der Waals surface area contributed by atoms with Crippen LogP contribution in [0.3, 0.4) is 0 Å². The molecule has 0 radical (unpaired) electrons. The highest BCUT2D eigenvalue weighted by atomic mass is 32.2. The average molecular weight is 603 g/mol. The lowest BCUT2D eigenvalue weighted by atomic mass is 10.1. The lowest BCUT2D eigenvalue weighted by Crippen LogP contribution is -2.45. The number of Topliss-reactive ketones (excluding diaryl/α,β-unsaturated/α-hetero) is 1. The van der Waals surface area contributed by atoms with Gasteiger partial charge < -0.3 is 21.1 Å². The van der Waals surface area contributed by atoms with E-state index in [1.807, 2.05) is 18.2 Å². The quantitative estimate of drug-likeness (QED) is 0.105. The van der Waals surface area contributed by atoms with Crippen molar-refractivity contribution >= 4 is 55.1 Å². The minimum absolute atomic E-state index is 0.0825. The number of ketones is 1. The number of carbonyl (C=O) groups is 3. The van der Waals surface area contributed by atoms with Crippen LogP contribution in [0.4, 0.5) is 0 Å². The van der Waals surface area contributed by atoms with Crippen molar-refractivity contribution in [3.8, 4) is 5.75 Å². The number of nitrogens with two attached hydrogens (primary N) is 1. The van der Waals surface area contributed by atoms with E-state index >= 15 is 0 Å². The first-order valence-corrected chi connectivity index (χ1v) is 15.0. The number of aromatic nitrogens is 1. The second-order valence-corrected chi connectivity index (χ2v) is 12.0. The van der Waals surface area contributed by atoms with Gasteiger partial charge in [-0.25, -0.2) is 18.1 Å². The van der Waals surface area contributed by atoms with Crippen LogP contribution in [0.1, 0.15) is 46.3 Å². The van der Waals surface area contributed by atoms with Gasteiger partial charge in [0.1, 0.15) is 5.75 Å². The molecule has 2 aromatic carbocycles. The maximum atomic E-state index is 13.3. The predicted molar refractivity (Wildman–Crippen MR) is 158 cm³/mol. The van der Waals surface area contributed by atoms with Crippen LogP contribution in [0.5, 0.6) is 5.75 Å². The molecular weight excluding hydrogens is 568 g/mol. The lowest BCUT2D eigenvalue weighted by molar-refractivity contribution is -0.125. The summed E-state index contributed by atoms with van der Waals surface area (Å²) in [5.41, 5.74) is 8.30. The number of thiazole rings is 1. The molecule has 0 spiro atoms. The molecule has 0 bridgehead atoms. The number of nitrogens with one attached hydrogen (secondary N) is 3. The molecule has 0 aliphatic rings. The summed E-state index contributed by atoms with van der Waals surface area (Å²) < 4.78 is 34.6. The first-order valence-electron chi connectivity index (χ1n) is 12.7. The number of hydrogen-bond donors (Lipinski definition) is 4. The summed E-state index contributed by atoms with van der Waals surface area (Å²) >= 11 is 1.22. The molecule has 0 saturated heterocycles. The summed E-state index contributed by atoms with van der Waals surface area (Å²) in [5.74, 6) is -1.01. The number of fused-ring (bicyclic) bond motifs is 1. The molecule has 220 valence electrons. The maximum Gasteiger partial charge on any atom is 0.264 e. The van der Waals surface area contributed by atoms with Crippen molar-refractivity contribution in [2.75, 3.05) is 20.2 Å². The zero-order valence-electron chi connectivity index (χ0n) is 23.5. The fraction of sp³-hybridized carbons (Fsp3) is 0.370. The predicted octanol–water partition coefficient (Wildman–Crippen LogP) is 2.11. The Morgan fingerprint density at radius 2 is 1.85 bits per heavy atom. The number of carbonyl (C=O) groups excluding carboxylic acids is 3. The molecule has 0 aliphatic carbocycles. The number of guanidine groups is 1. The van der Waals surface area contributed by atoms with Crippen LogP contribution in [-0.4, -0.2) is 63.2 Å². The van der Waals surface area contributed by atoms with Crippen LogP contribution < -0.4 is 25.8 Å². The molecule has 3 rings (SSSR count). The van der Waals surface area contributed by atoms with E-state index < -0.39 is 22.0 Å². The number of para-hydroxylation sites is 1. The van der Waals surface area contributed by atoms with Gasteiger partial charge in [-0.2, -0.15) is 0 Å². The van der Waals surface area contributed by atoms with E-state index in [0.717, 1.165) is 4.70 Å². The van der Waals surface area contributed by atoms with Crippen LogP contribution in [0.25, 0.3) is 10.2 Å². The molecule has 0 aliphatic heterocycles. The number of ether oxygens (including phenoxy) is 1. The maximum absolute atomic E-state index is 13.3. The highest BCUT2D eigenvalue weighted by Crippen LogP contribution is 2.30. The van der Waals surface area contributed by atoms with Crippen LogP contribution in [-0.2, 0) is 19.6 Å². The minimum Gasteiger partial charge on any atom is -0.496 e. The number of aryl methyl sites for hydroxylation is 1. The molecule has 5 N–H and O–H groups in total. The molecule has 1 aromatic heterocycles.